The van der Waals surface area contributed by atoms with Crippen molar-refractivity contribution in [2.45, 2.75) is 50.6 Å². The number of aromatic nitrogens is 2. The minimum atomic E-state index is -1.12. The number of amides is 1. The van der Waals surface area contributed by atoms with Gasteiger partial charge in [0.2, 0.25) is 4.80 Å². The minimum absolute atomic E-state index is 0.100. The molecular weight excluding hydrogens is 452 g/mol. The molecule has 34 heavy (non-hydrogen) atoms. The second kappa shape index (κ2) is 10.6. The molecule has 9 heteroatoms. The number of rotatable bonds is 7. The molecule has 3 N–H and O–H groups in total. The normalized spacial score (nSPS) is 15.7. The average Bonchev–Trinajstić information content (AvgIpc) is 3.20. The first kappa shape index (κ1) is 23.7. The maximum absolute atomic E-state index is 12.7. The van der Waals surface area contributed by atoms with Crippen molar-refractivity contribution in [2.75, 3.05) is 0 Å². The van der Waals surface area contributed by atoms with Gasteiger partial charge in [0.15, 0.2) is 0 Å². The highest BCUT2D eigenvalue weighted by Gasteiger charge is 2.21. The molecule has 4 rings (SSSR count). The molecule has 0 aliphatic heterocycles. The lowest BCUT2D eigenvalue weighted by Crippen LogP contribution is -2.42. The van der Waals surface area contributed by atoms with Crippen LogP contribution in [0.15, 0.2) is 53.5 Å². The molecule has 1 atom stereocenters. The third kappa shape index (κ3) is 5.91. The number of phenolic OH excluding ortho intramolecular Hbond substituents is 1. The van der Waals surface area contributed by atoms with Crippen LogP contribution in [0.5, 0.6) is 5.75 Å². The molecule has 0 saturated heterocycles. The molecule has 1 aliphatic carbocycles. The van der Waals surface area contributed by atoms with E-state index in [1.165, 1.54) is 42.7 Å². The highest BCUT2D eigenvalue weighted by atomic mass is 32.1. The second-order valence-electron chi connectivity index (χ2n) is 8.55. The summed E-state index contributed by atoms with van der Waals surface area (Å²) in [6.45, 7) is 0. The summed E-state index contributed by atoms with van der Waals surface area (Å²) in [6, 6.07) is 12.5. The van der Waals surface area contributed by atoms with E-state index in [9.17, 15) is 19.8 Å². The summed E-state index contributed by atoms with van der Waals surface area (Å²) in [4.78, 5) is 30.1. The van der Waals surface area contributed by atoms with Gasteiger partial charge >= 0.3 is 5.97 Å². The molecule has 0 bridgehead atoms. The number of carbonyl (C=O) groups excluding carboxylic acids is 1. The van der Waals surface area contributed by atoms with Crippen LogP contribution in [0.1, 0.15) is 48.0 Å². The number of aromatic hydroxyl groups is 1. The molecule has 1 amide bonds. The number of carbonyl (C=O) groups is 2. The van der Waals surface area contributed by atoms with E-state index in [1.54, 1.807) is 28.9 Å². The number of carboxylic acid groups (broad SMARTS) is 1. The summed E-state index contributed by atoms with van der Waals surface area (Å²) >= 11 is 1.53. The molecule has 0 radical (unpaired) electrons. The predicted octanol–water partition coefficient (Wildman–Crippen LogP) is 3.51. The first-order valence-electron chi connectivity index (χ1n) is 11.4. The molecule has 1 aromatic heterocycles. The Morgan fingerprint density at radius 1 is 1.12 bits per heavy atom. The molecule has 1 unspecified atom stereocenters. The average molecular weight is 481 g/mol. The Kier molecular flexibility index (Phi) is 7.42. The van der Waals surface area contributed by atoms with E-state index in [0.717, 1.165) is 28.2 Å². The number of hydrogen-bond donors (Lipinski definition) is 3. The quantitative estimate of drug-likeness (QED) is 0.478. The van der Waals surface area contributed by atoms with Gasteiger partial charge in [-0.2, -0.15) is 5.10 Å². The Morgan fingerprint density at radius 3 is 2.44 bits per heavy atom. The van der Waals surface area contributed by atoms with E-state index < -0.39 is 17.9 Å². The molecule has 1 fully saturated rings. The van der Waals surface area contributed by atoms with Crippen molar-refractivity contribution in [3.05, 3.63) is 64.5 Å². The second-order valence-corrected chi connectivity index (χ2v) is 9.50. The summed E-state index contributed by atoms with van der Waals surface area (Å²) in [5.41, 5.74) is 1.95. The minimum Gasteiger partial charge on any atom is -0.508 e. The number of nitrogens with zero attached hydrogens (tertiary/aromatic N) is 3. The van der Waals surface area contributed by atoms with Crippen molar-refractivity contribution in [3.8, 4) is 16.3 Å². The topological polar surface area (TPSA) is 117 Å². The Bertz CT molecular complexity index is 1210. The summed E-state index contributed by atoms with van der Waals surface area (Å²) in [5.74, 6) is -1.48. The molecule has 1 heterocycles. The van der Waals surface area contributed by atoms with Crippen molar-refractivity contribution in [2.24, 2.45) is 12.0 Å². The van der Waals surface area contributed by atoms with E-state index in [2.05, 4.69) is 10.4 Å². The van der Waals surface area contributed by atoms with Crippen LogP contribution in [-0.2, 0) is 18.3 Å². The van der Waals surface area contributed by atoms with Gasteiger partial charge in [-0.25, -0.2) is 9.48 Å². The molecule has 0 spiro atoms. The van der Waals surface area contributed by atoms with Crippen molar-refractivity contribution in [1.82, 2.24) is 15.1 Å². The molecular formula is C25H28N4O4S. The Morgan fingerprint density at radius 2 is 1.79 bits per heavy atom. The number of phenols is 1. The van der Waals surface area contributed by atoms with Crippen LogP contribution >= 0.6 is 11.3 Å². The van der Waals surface area contributed by atoms with Gasteiger partial charge in [0.05, 0.1) is 6.04 Å². The van der Waals surface area contributed by atoms with Gasteiger partial charge in [0, 0.05) is 24.6 Å². The fraction of sp³-hybridized carbons (Fsp3) is 0.360. The fourth-order valence-electron chi connectivity index (χ4n) is 4.02. The highest BCUT2D eigenvalue weighted by molar-refractivity contribution is 7.12. The zero-order valence-corrected chi connectivity index (χ0v) is 19.8. The van der Waals surface area contributed by atoms with Crippen LogP contribution in [0.3, 0.4) is 0 Å². The largest absolute Gasteiger partial charge is 0.508 e. The molecule has 178 valence electrons. The smallest absolute Gasteiger partial charge is 0.326 e. The SMILES string of the molecule is Cn1nc(-c2ccc(C(=O)NC(Cc3ccc(O)cc3)C(=O)O)cc2)s/c1=N/C1CCCCC1. The summed E-state index contributed by atoms with van der Waals surface area (Å²) in [7, 11) is 1.89. The van der Waals surface area contributed by atoms with Crippen molar-refractivity contribution < 1.29 is 19.8 Å². The van der Waals surface area contributed by atoms with Gasteiger partial charge in [-0.1, -0.05) is 54.9 Å². The van der Waals surface area contributed by atoms with Crippen LogP contribution in [0.2, 0.25) is 0 Å². The fourth-order valence-corrected chi connectivity index (χ4v) is 4.98. The van der Waals surface area contributed by atoms with Crippen molar-refractivity contribution >= 4 is 23.2 Å². The Labute approximate surface area is 201 Å². The van der Waals surface area contributed by atoms with Gasteiger partial charge in [0.25, 0.3) is 5.91 Å². The molecule has 3 aromatic rings. The predicted molar refractivity (Wildman–Crippen MR) is 130 cm³/mol. The number of aliphatic carboxylic acids is 1. The standard InChI is InChI=1S/C25H28N4O4S/c1-29-25(26-19-5-3-2-4-6-19)34-23(28-29)18-11-9-17(10-12-18)22(31)27-21(24(32)33)15-16-7-13-20(30)14-8-16/h7-14,19,21,30H,2-6,15H2,1H3,(H,27,31)(H,32,33)/b26-25+. The van der Waals surface area contributed by atoms with Crippen LogP contribution in [0, 0.1) is 0 Å². The first-order valence-corrected chi connectivity index (χ1v) is 12.2. The highest BCUT2D eigenvalue weighted by Crippen LogP contribution is 2.22. The lowest BCUT2D eigenvalue weighted by molar-refractivity contribution is -0.139. The van der Waals surface area contributed by atoms with Crippen molar-refractivity contribution in [1.29, 1.82) is 0 Å². The molecule has 1 aliphatic rings. The van der Waals surface area contributed by atoms with Gasteiger partial charge in [-0.15, -0.1) is 0 Å². The van der Waals surface area contributed by atoms with E-state index in [1.807, 2.05) is 19.2 Å². The van der Waals surface area contributed by atoms with Gasteiger partial charge < -0.3 is 15.5 Å². The monoisotopic (exact) mass is 480 g/mol. The van der Waals surface area contributed by atoms with Crippen LogP contribution in [0.25, 0.3) is 10.6 Å². The zero-order chi connectivity index (χ0) is 24.1. The van der Waals surface area contributed by atoms with Crippen molar-refractivity contribution in [3.63, 3.8) is 0 Å². The Hall–Kier alpha value is -3.46. The number of nitrogens with one attached hydrogen (secondary N) is 1. The van der Waals surface area contributed by atoms with Gasteiger partial charge in [-0.05, 0) is 42.7 Å². The third-order valence-corrected chi connectivity index (χ3v) is 7.01. The van der Waals surface area contributed by atoms with E-state index in [-0.39, 0.29) is 12.2 Å². The number of carboxylic acids is 1. The lowest BCUT2D eigenvalue weighted by Gasteiger charge is -2.16. The summed E-state index contributed by atoms with van der Waals surface area (Å²) < 4.78 is 1.80. The Balaban J connectivity index is 1.45. The zero-order valence-electron chi connectivity index (χ0n) is 19.0. The number of aryl methyl sites for hydroxylation is 1. The molecule has 1 saturated carbocycles. The van der Waals surface area contributed by atoms with E-state index in [0.29, 0.717) is 17.2 Å². The summed E-state index contributed by atoms with van der Waals surface area (Å²) in [6.07, 6.45) is 6.11. The third-order valence-electron chi connectivity index (χ3n) is 5.95. The van der Waals surface area contributed by atoms with Gasteiger partial charge in [0.1, 0.15) is 16.8 Å². The number of hydrogen-bond acceptors (Lipinski definition) is 6. The molecule has 8 nitrogen and oxygen atoms in total. The van der Waals surface area contributed by atoms with Crippen LogP contribution in [0.4, 0.5) is 0 Å². The molecule has 2 aromatic carbocycles. The first-order chi connectivity index (χ1) is 16.4. The van der Waals surface area contributed by atoms with Crippen LogP contribution in [-0.4, -0.2) is 44.0 Å². The maximum atomic E-state index is 12.7. The van der Waals surface area contributed by atoms with Gasteiger partial charge in [-0.3, -0.25) is 9.79 Å². The summed E-state index contributed by atoms with van der Waals surface area (Å²) in [5, 5.41) is 26.9. The number of benzene rings is 2. The van der Waals surface area contributed by atoms with E-state index >= 15 is 0 Å². The lowest BCUT2D eigenvalue weighted by atomic mass is 9.96. The van der Waals surface area contributed by atoms with E-state index in [4.69, 9.17) is 4.99 Å². The maximum Gasteiger partial charge on any atom is 0.326 e. The van der Waals surface area contributed by atoms with Crippen LogP contribution < -0.4 is 10.1 Å².